The summed E-state index contributed by atoms with van der Waals surface area (Å²) in [5.41, 5.74) is -1.53. The van der Waals surface area contributed by atoms with Crippen LogP contribution in [0.4, 0.5) is 8.78 Å². The van der Waals surface area contributed by atoms with E-state index in [1.165, 1.54) is 4.57 Å². The summed E-state index contributed by atoms with van der Waals surface area (Å²) in [6.45, 7) is 2.34. The number of aromatic nitrogens is 2. The molecule has 152 valence electrons. The van der Waals surface area contributed by atoms with Crippen LogP contribution in [0.15, 0.2) is 39.2 Å². The number of piperidine rings is 1. The van der Waals surface area contributed by atoms with E-state index in [4.69, 9.17) is 0 Å². The smallest absolute Gasteiger partial charge is 0.336 e. The molecule has 2 aromatic heterocycles. The number of nitrogens with zero attached hydrogens (tertiary/aromatic N) is 3. The molecule has 0 saturated carbocycles. The third-order valence-electron chi connectivity index (χ3n) is 5.32. The highest BCUT2D eigenvalue weighted by Gasteiger charge is 2.25. The highest BCUT2D eigenvalue weighted by atomic mass is 32.1. The number of benzene rings is 1. The van der Waals surface area contributed by atoms with Gasteiger partial charge in [-0.25, -0.2) is 18.1 Å². The molecule has 0 radical (unpaired) electrons. The van der Waals surface area contributed by atoms with E-state index in [0.29, 0.717) is 22.7 Å². The second-order valence-electron chi connectivity index (χ2n) is 7.17. The number of thiophene rings is 1. The predicted molar refractivity (Wildman–Crippen MR) is 107 cm³/mol. The molecule has 3 heterocycles. The number of carbonyl (C=O) groups excluding carboxylic acids is 1. The van der Waals surface area contributed by atoms with Crippen molar-refractivity contribution < 1.29 is 13.6 Å². The van der Waals surface area contributed by atoms with Gasteiger partial charge >= 0.3 is 5.69 Å². The zero-order chi connectivity index (χ0) is 20.7. The van der Waals surface area contributed by atoms with Gasteiger partial charge in [-0.05, 0) is 49.8 Å². The number of hydrogen-bond acceptors (Lipinski definition) is 4. The van der Waals surface area contributed by atoms with Crippen LogP contribution in [0.2, 0.25) is 0 Å². The molecule has 0 bridgehead atoms. The summed E-state index contributed by atoms with van der Waals surface area (Å²) in [6, 6.07) is 4.32. The Morgan fingerprint density at radius 2 is 2.00 bits per heavy atom. The first kappa shape index (κ1) is 19.5. The number of carbonyl (C=O) groups is 1. The standard InChI is InChI=1S/C20H19F2N3O3S/c1-12-4-2-3-8-23(12)17(26)11-24-16-7-9-29-18(16)19(27)25(20(24)28)15-6-5-13(21)10-14(15)22/h5-7,9-10,12H,2-4,8,11H2,1H3/t12-/m1/s1. The van der Waals surface area contributed by atoms with Gasteiger partial charge in [0.2, 0.25) is 5.91 Å². The molecule has 9 heteroatoms. The van der Waals surface area contributed by atoms with E-state index in [1.807, 2.05) is 6.92 Å². The van der Waals surface area contributed by atoms with Crippen molar-refractivity contribution in [3.8, 4) is 5.69 Å². The Kier molecular flexibility index (Phi) is 5.08. The maximum Gasteiger partial charge on any atom is 0.336 e. The second-order valence-corrected chi connectivity index (χ2v) is 8.09. The average molecular weight is 419 g/mol. The molecule has 0 spiro atoms. The molecular weight excluding hydrogens is 400 g/mol. The lowest BCUT2D eigenvalue weighted by Gasteiger charge is -2.33. The van der Waals surface area contributed by atoms with E-state index in [-0.39, 0.29) is 28.9 Å². The fourth-order valence-electron chi connectivity index (χ4n) is 3.81. The van der Waals surface area contributed by atoms with Crippen LogP contribution in [-0.2, 0) is 11.3 Å². The van der Waals surface area contributed by atoms with Gasteiger partial charge in [0.15, 0.2) is 0 Å². The topological polar surface area (TPSA) is 64.3 Å². The van der Waals surface area contributed by atoms with Gasteiger partial charge in [-0.2, -0.15) is 0 Å². The van der Waals surface area contributed by atoms with E-state index in [2.05, 4.69) is 0 Å². The molecule has 1 atom stereocenters. The van der Waals surface area contributed by atoms with Gasteiger partial charge in [-0.1, -0.05) is 0 Å². The monoisotopic (exact) mass is 419 g/mol. The van der Waals surface area contributed by atoms with Crippen molar-refractivity contribution in [2.45, 2.75) is 38.8 Å². The average Bonchev–Trinajstić information content (AvgIpc) is 3.17. The number of likely N-dealkylation sites (tertiary alicyclic amines) is 1. The maximum atomic E-state index is 14.3. The first-order chi connectivity index (χ1) is 13.9. The molecule has 1 amide bonds. The number of amides is 1. The summed E-state index contributed by atoms with van der Waals surface area (Å²) in [4.78, 5) is 40.6. The van der Waals surface area contributed by atoms with Gasteiger partial charge in [0, 0.05) is 18.7 Å². The molecule has 0 unspecified atom stereocenters. The molecule has 29 heavy (non-hydrogen) atoms. The largest absolute Gasteiger partial charge is 0.338 e. The third-order valence-corrected chi connectivity index (χ3v) is 6.21. The summed E-state index contributed by atoms with van der Waals surface area (Å²) in [7, 11) is 0. The van der Waals surface area contributed by atoms with E-state index in [1.54, 1.807) is 16.3 Å². The Morgan fingerprint density at radius 3 is 2.72 bits per heavy atom. The lowest BCUT2D eigenvalue weighted by Crippen LogP contribution is -2.46. The molecule has 0 N–H and O–H groups in total. The highest BCUT2D eigenvalue weighted by molar-refractivity contribution is 7.17. The minimum atomic E-state index is -1.03. The van der Waals surface area contributed by atoms with E-state index < -0.39 is 22.9 Å². The van der Waals surface area contributed by atoms with Gasteiger partial charge in [0.25, 0.3) is 5.56 Å². The summed E-state index contributed by atoms with van der Waals surface area (Å²) in [6.07, 6.45) is 2.85. The Bertz CT molecular complexity index is 1210. The maximum absolute atomic E-state index is 14.3. The number of halogens is 2. The molecule has 4 rings (SSSR count). The molecule has 1 aliphatic rings. The van der Waals surface area contributed by atoms with Crippen LogP contribution in [0.5, 0.6) is 0 Å². The summed E-state index contributed by atoms with van der Waals surface area (Å²) >= 11 is 1.10. The number of rotatable bonds is 3. The normalized spacial score (nSPS) is 17.1. The Morgan fingerprint density at radius 1 is 1.21 bits per heavy atom. The van der Waals surface area contributed by atoms with Crippen LogP contribution in [0.3, 0.4) is 0 Å². The minimum Gasteiger partial charge on any atom is -0.338 e. The Balaban J connectivity index is 1.86. The zero-order valence-electron chi connectivity index (χ0n) is 15.7. The Hall–Kier alpha value is -2.81. The van der Waals surface area contributed by atoms with Crippen molar-refractivity contribution >= 4 is 27.5 Å². The molecular formula is C20H19F2N3O3S. The molecule has 1 saturated heterocycles. The van der Waals surface area contributed by atoms with Gasteiger partial charge in [-0.3, -0.25) is 14.2 Å². The van der Waals surface area contributed by atoms with Crippen molar-refractivity contribution in [1.29, 1.82) is 0 Å². The second kappa shape index (κ2) is 7.55. The molecule has 0 aliphatic carbocycles. The molecule has 1 fully saturated rings. The van der Waals surface area contributed by atoms with Crippen molar-refractivity contribution in [3.05, 3.63) is 62.1 Å². The van der Waals surface area contributed by atoms with Crippen LogP contribution in [0.25, 0.3) is 15.9 Å². The number of fused-ring (bicyclic) bond motifs is 1. The van der Waals surface area contributed by atoms with Gasteiger partial charge in [-0.15, -0.1) is 11.3 Å². The van der Waals surface area contributed by atoms with E-state index in [9.17, 15) is 23.2 Å². The molecule has 3 aromatic rings. The van der Waals surface area contributed by atoms with Gasteiger partial charge in [0.1, 0.15) is 22.9 Å². The fraction of sp³-hybridized carbons (Fsp3) is 0.350. The first-order valence-electron chi connectivity index (χ1n) is 9.36. The fourth-order valence-corrected chi connectivity index (χ4v) is 4.63. The molecule has 1 aromatic carbocycles. The molecule has 1 aliphatic heterocycles. The predicted octanol–water partition coefficient (Wildman–Crippen LogP) is 2.89. The first-order valence-corrected chi connectivity index (χ1v) is 10.2. The van der Waals surface area contributed by atoms with Crippen LogP contribution in [0.1, 0.15) is 26.2 Å². The summed E-state index contributed by atoms with van der Waals surface area (Å²) < 4.78 is 29.7. The van der Waals surface area contributed by atoms with Crippen molar-refractivity contribution in [1.82, 2.24) is 14.0 Å². The zero-order valence-corrected chi connectivity index (χ0v) is 16.5. The SMILES string of the molecule is C[C@@H]1CCCCN1C(=O)Cn1c(=O)n(-c2ccc(F)cc2F)c(=O)c2sccc21. The summed E-state index contributed by atoms with van der Waals surface area (Å²) in [5, 5.41) is 1.64. The summed E-state index contributed by atoms with van der Waals surface area (Å²) in [5.74, 6) is -2.06. The van der Waals surface area contributed by atoms with Crippen molar-refractivity contribution in [2.75, 3.05) is 6.54 Å². The van der Waals surface area contributed by atoms with Crippen LogP contribution in [0, 0.1) is 11.6 Å². The molecule has 6 nitrogen and oxygen atoms in total. The van der Waals surface area contributed by atoms with Crippen LogP contribution >= 0.6 is 11.3 Å². The van der Waals surface area contributed by atoms with E-state index in [0.717, 1.165) is 42.7 Å². The van der Waals surface area contributed by atoms with Crippen LogP contribution < -0.4 is 11.2 Å². The van der Waals surface area contributed by atoms with Gasteiger partial charge < -0.3 is 4.90 Å². The quantitative estimate of drug-likeness (QED) is 0.656. The Labute approximate surface area is 168 Å². The lowest BCUT2D eigenvalue weighted by molar-refractivity contribution is -0.135. The number of hydrogen-bond donors (Lipinski definition) is 0. The van der Waals surface area contributed by atoms with Crippen molar-refractivity contribution in [3.63, 3.8) is 0 Å². The highest BCUT2D eigenvalue weighted by Crippen LogP contribution is 2.20. The van der Waals surface area contributed by atoms with Crippen molar-refractivity contribution in [2.24, 2.45) is 0 Å². The third kappa shape index (κ3) is 3.39. The van der Waals surface area contributed by atoms with E-state index >= 15 is 0 Å². The van der Waals surface area contributed by atoms with Gasteiger partial charge in [0.05, 0.1) is 11.2 Å². The minimum absolute atomic E-state index is 0.0744. The lowest BCUT2D eigenvalue weighted by atomic mass is 10.0. The van der Waals surface area contributed by atoms with Crippen LogP contribution in [-0.4, -0.2) is 32.5 Å².